The number of ether oxygens (including phenoxy) is 2. The van der Waals surface area contributed by atoms with E-state index in [2.05, 4.69) is 10.6 Å². The smallest absolute Gasteiger partial charge is 0.329 e. The number of nitrogens with zero attached hydrogens (tertiary/aromatic N) is 1. The van der Waals surface area contributed by atoms with Crippen LogP contribution in [0.3, 0.4) is 0 Å². The maximum absolute atomic E-state index is 13.0. The molecule has 0 bridgehead atoms. The lowest BCUT2D eigenvalue weighted by Gasteiger charge is -2.14. The van der Waals surface area contributed by atoms with E-state index in [0.29, 0.717) is 16.2 Å². The highest BCUT2D eigenvalue weighted by Gasteiger charge is 2.35. The van der Waals surface area contributed by atoms with E-state index in [9.17, 15) is 23.6 Å². The SMILES string of the molecule is CCOc1cc(/C=C2/NC(=O)N(CC(=O)O)C2=O)cc(Cl)c1OCC(=O)Nc1ccc(F)cc1. The average molecular weight is 492 g/mol. The number of carbonyl (C=O) groups is 4. The number of carboxylic acid groups (broad SMARTS) is 1. The van der Waals surface area contributed by atoms with Crippen LogP contribution in [-0.4, -0.2) is 53.6 Å². The highest BCUT2D eigenvalue weighted by Crippen LogP contribution is 2.37. The summed E-state index contributed by atoms with van der Waals surface area (Å²) in [5.41, 5.74) is 0.600. The zero-order valence-electron chi connectivity index (χ0n) is 17.8. The van der Waals surface area contributed by atoms with Gasteiger partial charge in [-0.05, 0) is 55.0 Å². The van der Waals surface area contributed by atoms with Crippen molar-refractivity contribution in [2.45, 2.75) is 6.92 Å². The Morgan fingerprint density at radius 1 is 1.21 bits per heavy atom. The van der Waals surface area contributed by atoms with Crippen molar-refractivity contribution in [1.82, 2.24) is 10.2 Å². The molecule has 4 amide bonds. The molecule has 178 valence electrons. The predicted molar refractivity (Wildman–Crippen MR) is 119 cm³/mol. The Kier molecular flexibility index (Phi) is 7.69. The van der Waals surface area contributed by atoms with Gasteiger partial charge in [0, 0.05) is 5.69 Å². The second-order valence-corrected chi connectivity index (χ2v) is 7.29. The molecule has 0 atom stereocenters. The minimum absolute atomic E-state index is 0.0616. The van der Waals surface area contributed by atoms with E-state index >= 15 is 0 Å². The Hall–Kier alpha value is -4.12. The third-order valence-electron chi connectivity index (χ3n) is 4.37. The summed E-state index contributed by atoms with van der Waals surface area (Å²) in [5, 5.41) is 13.8. The molecule has 0 aromatic heterocycles. The van der Waals surface area contributed by atoms with Crippen molar-refractivity contribution in [3.63, 3.8) is 0 Å². The third-order valence-corrected chi connectivity index (χ3v) is 4.65. The molecular weight excluding hydrogens is 473 g/mol. The largest absolute Gasteiger partial charge is 0.490 e. The first-order chi connectivity index (χ1) is 16.2. The Labute approximate surface area is 197 Å². The second-order valence-electron chi connectivity index (χ2n) is 6.88. The van der Waals surface area contributed by atoms with Crippen LogP contribution in [0.5, 0.6) is 11.5 Å². The fourth-order valence-corrected chi connectivity index (χ4v) is 3.23. The summed E-state index contributed by atoms with van der Waals surface area (Å²) < 4.78 is 24.1. The van der Waals surface area contributed by atoms with Gasteiger partial charge in [0.2, 0.25) is 0 Å². The summed E-state index contributed by atoms with van der Waals surface area (Å²) in [6.45, 7) is 0.751. The summed E-state index contributed by atoms with van der Waals surface area (Å²) >= 11 is 6.31. The number of anilines is 1. The molecule has 2 aromatic carbocycles. The number of urea groups is 1. The summed E-state index contributed by atoms with van der Waals surface area (Å²) in [7, 11) is 0. The van der Waals surface area contributed by atoms with Crippen LogP contribution in [0.4, 0.5) is 14.9 Å². The molecule has 0 unspecified atom stereocenters. The van der Waals surface area contributed by atoms with Gasteiger partial charge in [0.25, 0.3) is 11.8 Å². The van der Waals surface area contributed by atoms with E-state index < -0.39 is 42.8 Å². The Morgan fingerprint density at radius 2 is 1.91 bits per heavy atom. The average Bonchev–Trinajstić information content (AvgIpc) is 3.02. The molecule has 34 heavy (non-hydrogen) atoms. The topological polar surface area (TPSA) is 134 Å². The molecule has 1 heterocycles. The van der Waals surface area contributed by atoms with Crippen molar-refractivity contribution in [2.75, 3.05) is 25.1 Å². The molecular formula is C22H19ClFN3O7. The number of aliphatic carboxylic acids is 1. The summed E-state index contributed by atoms with van der Waals surface area (Å²) in [6.07, 6.45) is 1.31. The first kappa shape index (κ1) is 24.5. The number of halogens is 2. The number of hydrogen-bond acceptors (Lipinski definition) is 6. The van der Waals surface area contributed by atoms with Crippen molar-refractivity contribution in [3.8, 4) is 11.5 Å². The number of hydrogen-bond donors (Lipinski definition) is 3. The van der Waals surface area contributed by atoms with Crippen LogP contribution in [0.1, 0.15) is 12.5 Å². The van der Waals surface area contributed by atoms with Crippen molar-refractivity contribution in [2.24, 2.45) is 0 Å². The van der Waals surface area contributed by atoms with Crippen molar-refractivity contribution < 1.29 is 38.1 Å². The minimum Gasteiger partial charge on any atom is -0.490 e. The van der Waals surface area contributed by atoms with Gasteiger partial charge >= 0.3 is 12.0 Å². The first-order valence-corrected chi connectivity index (χ1v) is 10.3. The molecule has 0 spiro atoms. The maximum Gasteiger partial charge on any atom is 0.329 e. The molecule has 0 radical (unpaired) electrons. The maximum atomic E-state index is 13.0. The van der Waals surface area contributed by atoms with Crippen molar-refractivity contribution in [1.29, 1.82) is 0 Å². The lowest BCUT2D eigenvalue weighted by atomic mass is 10.1. The Balaban J connectivity index is 1.76. The lowest BCUT2D eigenvalue weighted by Crippen LogP contribution is -2.35. The molecule has 12 heteroatoms. The normalized spacial score (nSPS) is 14.2. The highest BCUT2D eigenvalue weighted by molar-refractivity contribution is 6.32. The summed E-state index contributed by atoms with van der Waals surface area (Å²) in [5.74, 6) is -2.85. The molecule has 1 aliphatic rings. The third kappa shape index (κ3) is 6.01. The van der Waals surface area contributed by atoms with E-state index in [4.69, 9.17) is 26.2 Å². The molecule has 0 aliphatic carbocycles. The number of amides is 4. The highest BCUT2D eigenvalue weighted by atomic mass is 35.5. The van der Waals surface area contributed by atoms with Gasteiger partial charge in [0.05, 0.1) is 11.6 Å². The number of benzene rings is 2. The second kappa shape index (κ2) is 10.7. The van der Waals surface area contributed by atoms with Gasteiger partial charge in [-0.2, -0.15) is 0 Å². The van der Waals surface area contributed by atoms with E-state index in [0.717, 1.165) is 0 Å². The van der Waals surface area contributed by atoms with Gasteiger partial charge in [-0.3, -0.25) is 14.4 Å². The molecule has 1 aliphatic heterocycles. The molecule has 1 fully saturated rings. The summed E-state index contributed by atoms with van der Waals surface area (Å²) in [6, 6.07) is 7.24. The van der Waals surface area contributed by atoms with Gasteiger partial charge in [0.15, 0.2) is 18.1 Å². The van der Waals surface area contributed by atoms with E-state index in [1.54, 1.807) is 6.92 Å². The van der Waals surface area contributed by atoms with Crippen molar-refractivity contribution >= 4 is 47.2 Å². The van der Waals surface area contributed by atoms with Gasteiger partial charge in [-0.15, -0.1) is 0 Å². The fraction of sp³-hybridized carbons (Fsp3) is 0.182. The zero-order chi connectivity index (χ0) is 24.8. The molecule has 3 rings (SSSR count). The zero-order valence-corrected chi connectivity index (χ0v) is 18.5. The number of carbonyl (C=O) groups excluding carboxylic acids is 3. The van der Waals surface area contributed by atoms with Crippen LogP contribution in [0.2, 0.25) is 5.02 Å². The lowest BCUT2D eigenvalue weighted by molar-refractivity contribution is -0.140. The van der Waals surface area contributed by atoms with Crippen LogP contribution in [0.25, 0.3) is 6.08 Å². The number of rotatable bonds is 9. The van der Waals surface area contributed by atoms with Crippen LogP contribution in [-0.2, 0) is 14.4 Å². The minimum atomic E-state index is -1.34. The molecule has 1 saturated heterocycles. The van der Waals surface area contributed by atoms with Crippen LogP contribution in [0, 0.1) is 5.82 Å². The van der Waals surface area contributed by atoms with Crippen LogP contribution < -0.4 is 20.1 Å². The van der Waals surface area contributed by atoms with Gasteiger partial charge in [-0.1, -0.05) is 11.6 Å². The Morgan fingerprint density at radius 3 is 2.56 bits per heavy atom. The standard InChI is InChI=1S/C22H19ClFN3O7/c1-2-33-17-9-12(8-16-21(31)27(10-19(29)30)22(32)26-16)7-15(23)20(17)34-11-18(28)25-14-5-3-13(24)4-6-14/h3-9H,2,10-11H2,1H3,(H,25,28)(H,26,32)(H,29,30)/b16-8+. The molecule has 3 N–H and O–H groups in total. The molecule has 0 saturated carbocycles. The number of nitrogens with one attached hydrogen (secondary N) is 2. The van der Waals surface area contributed by atoms with E-state index in [-0.39, 0.29) is 28.8 Å². The number of imide groups is 1. The predicted octanol–water partition coefficient (Wildman–Crippen LogP) is 2.87. The van der Waals surface area contributed by atoms with Gasteiger partial charge in [0.1, 0.15) is 18.1 Å². The fourth-order valence-electron chi connectivity index (χ4n) is 2.96. The Bertz CT molecular complexity index is 1170. The van der Waals surface area contributed by atoms with Crippen molar-refractivity contribution in [3.05, 3.63) is 58.5 Å². The quantitative estimate of drug-likeness (QED) is 0.362. The first-order valence-electron chi connectivity index (χ1n) is 9.88. The van der Waals surface area contributed by atoms with E-state index in [1.807, 2.05) is 0 Å². The molecule has 2 aromatic rings. The molecule has 10 nitrogen and oxygen atoms in total. The van der Waals surface area contributed by atoms with Gasteiger partial charge in [-0.25, -0.2) is 14.1 Å². The van der Waals surface area contributed by atoms with E-state index in [1.165, 1.54) is 42.5 Å². The summed E-state index contributed by atoms with van der Waals surface area (Å²) in [4.78, 5) is 47.8. The monoisotopic (exact) mass is 491 g/mol. The van der Waals surface area contributed by atoms with Crippen LogP contribution >= 0.6 is 11.6 Å². The van der Waals surface area contributed by atoms with Gasteiger partial charge < -0.3 is 25.2 Å². The number of carboxylic acids is 1. The van der Waals surface area contributed by atoms with Crippen LogP contribution in [0.15, 0.2) is 42.1 Å².